The zero-order chi connectivity index (χ0) is 31.9. The Morgan fingerprint density at radius 2 is 1.68 bits per heavy atom. The zero-order valence-electron chi connectivity index (χ0n) is 26.1. The number of aromatic nitrogens is 1. The SMILES string of the molecule is CC(C)(C)OC(=O)CCC(NC(=O)OC(C)(C)C)C(=O)Nc1ccc(Oc2ccc3c(c2)CCC(c2ccccc2)O3)nc1. The molecule has 234 valence electrons. The highest BCUT2D eigenvalue weighted by Crippen LogP contribution is 2.37. The number of esters is 1. The van der Waals surface area contributed by atoms with Crippen LogP contribution in [0, 0.1) is 0 Å². The fourth-order valence-electron chi connectivity index (χ4n) is 4.57. The molecule has 0 spiro atoms. The quantitative estimate of drug-likeness (QED) is 0.253. The van der Waals surface area contributed by atoms with Crippen molar-refractivity contribution in [1.29, 1.82) is 0 Å². The van der Waals surface area contributed by atoms with Crippen molar-refractivity contribution < 1.29 is 33.3 Å². The second-order valence-electron chi connectivity index (χ2n) is 12.6. The van der Waals surface area contributed by atoms with E-state index in [-0.39, 0.29) is 18.9 Å². The predicted octanol–water partition coefficient (Wildman–Crippen LogP) is 6.89. The maximum atomic E-state index is 13.1. The van der Waals surface area contributed by atoms with Crippen LogP contribution in [0.2, 0.25) is 0 Å². The van der Waals surface area contributed by atoms with Crippen molar-refractivity contribution >= 4 is 23.7 Å². The van der Waals surface area contributed by atoms with Gasteiger partial charge in [-0.3, -0.25) is 9.59 Å². The molecular weight excluding hydrogens is 562 g/mol. The van der Waals surface area contributed by atoms with Crippen molar-refractivity contribution in [1.82, 2.24) is 10.3 Å². The van der Waals surface area contributed by atoms with Crippen molar-refractivity contribution in [3.8, 4) is 17.4 Å². The second kappa shape index (κ2) is 13.8. The van der Waals surface area contributed by atoms with Gasteiger partial charge in [0.25, 0.3) is 0 Å². The Labute approximate surface area is 258 Å². The first-order valence-corrected chi connectivity index (χ1v) is 14.7. The molecule has 0 aliphatic carbocycles. The topological polar surface area (TPSA) is 125 Å². The fraction of sp³-hybridized carbons (Fsp3) is 0.412. The summed E-state index contributed by atoms with van der Waals surface area (Å²) in [7, 11) is 0. The molecule has 3 aromatic rings. The van der Waals surface area contributed by atoms with Crippen LogP contribution in [-0.4, -0.2) is 40.2 Å². The average Bonchev–Trinajstić information content (AvgIpc) is 2.94. The molecule has 1 aromatic heterocycles. The first-order valence-electron chi connectivity index (χ1n) is 14.7. The number of anilines is 1. The lowest BCUT2D eigenvalue weighted by atomic mass is 9.97. The van der Waals surface area contributed by atoms with E-state index in [2.05, 4.69) is 27.8 Å². The molecule has 2 aromatic carbocycles. The van der Waals surface area contributed by atoms with E-state index >= 15 is 0 Å². The van der Waals surface area contributed by atoms with Gasteiger partial charge in [-0.25, -0.2) is 9.78 Å². The summed E-state index contributed by atoms with van der Waals surface area (Å²) in [4.78, 5) is 42.1. The van der Waals surface area contributed by atoms with Gasteiger partial charge in [-0.05, 0) is 96.2 Å². The molecule has 2 atom stereocenters. The molecule has 10 heteroatoms. The number of alkyl carbamates (subject to hydrolysis) is 1. The van der Waals surface area contributed by atoms with E-state index in [1.807, 2.05) is 36.4 Å². The average molecular weight is 604 g/mol. The number of hydrogen-bond acceptors (Lipinski definition) is 8. The number of nitrogens with one attached hydrogen (secondary N) is 2. The minimum Gasteiger partial charge on any atom is -0.485 e. The molecule has 1 aliphatic rings. The third kappa shape index (κ3) is 10.00. The monoisotopic (exact) mass is 603 g/mol. The summed E-state index contributed by atoms with van der Waals surface area (Å²) in [6.45, 7) is 10.4. The van der Waals surface area contributed by atoms with E-state index in [0.717, 1.165) is 29.7 Å². The number of amides is 2. The fourth-order valence-corrected chi connectivity index (χ4v) is 4.57. The third-order valence-corrected chi connectivity index (χ3v) is 6.44. The molecule has 0 fully saturated rings. The molecule has 4 rings (SSSR count). The Balaban J connectivity index is 1.36. The smallest absolute Gasteiger partial charge is 0.408 e. The summed E-state index contributed by atoms with van der Waals surface area (Å²) in [6.07, 6.45) is 2.38. The van der Waals surface area contributed by atoms with Gasteiger partial charge in [0, 0.05) is 12.5 Å². The summed E-state index contributed by atoms with van der Waals surface area (Å²) < 4.78 is 22.8. The number of pyridine rings is 1. The highest BCUT2D eigenvalue weighted by molar-refractivity contribution is 5.96. The lowest BCUT2D eigenvalue weighted by Crippen LogP contribution is -2.46. The number of aryl methyl sites for hydroxylation is 1. The van der Waals surface area contributed by atoms with E-state index in [4.69, 9.17) is 18.9 Å². The van der Waals surface area contributed by atoms with E-state index in [1.165, 1.54) is 6.20 Å². The van der Waals surface area contributed by atoms with Crippen LogP contribution in [0.1, 0.15) is 78.0 Å². The van der Waals surface area contributed by atoms with E-state index in [1.54, 1.807) is 53.7 Å². The van der Waals surface area contributed by atoms with Crippen molar-refractivity contribution in [3.63, 3.8) is 0 Å². The summed E-state index contributed by atoms with van der Waals surface area (Å²) >= 11 is 0. The third-order valence-electron chi connectivity index (χ3n) is 6.44. The van der Waals surface area contributed by atoms with Gasteiger partial charge >= 0.3 is 12.1 Å². The van der Waals surface area contributed by atoms with Crippen LogP contribution in [0.5, 0.6) is 17.4 Å². The lowest BCUT2D eigenvalue weighted by molar-refractivity contribution is -0.155. The van der Waals surface area contributed by atoms with Crippen LogP contribution in [-0.2, 0) is 25.5 Å². The van der Waals surface area contributed by atoms with E-state index in [9.17, 15) is 14.4 Å². The van der Waals surface area contributed by atoms with Gasteiger partial charge in [0.05, 0.1) is 11.9 Å². The zero-order valence-corrected chi connectivity index (χ0v) is 26.1. The number of nitrogens with zero attached hydrogens (tertiary/aromatic N) is 1. The van der Waals surface area contributed by atoms with Crippen LogP contribution in [0.25, 0.3) is 0 Å². The molecule has 0 bridgehead atoms. The summed E-state index contributed by atoms with van der Waals surface area (Å²) in [5.41, 5.74) is 1.19. The van der Waals surface area contributed by atoms with Crippen LogP contribution >= 0.6 is 0 Å². The number of carbonyl (C=O) groups is 3. The standard InChI is InChI=1S/C34H41N3O7/c1-33(2,3)43-30(38)19-15-26(37-32(40)44-34(4,5)6)31(39)36-24-13-18-29(35-21-24)41-25-14-17-28-23(20-25)12-16-27(42-28)22-10-8-7-9-11-22/h7-11,13-14,17-18,20-21,26-27H,12,15-16,19H2,1-6H3,(H,36,39)(H,37,40). The highest BCUT2D eigenvalue weighted by Gasteiger charge is 2.27. The summed E-state index contributed by atoms with van der Waals surface area (Å²) in [6, 6.07) is 18.1. The molecule has 10 nitrogen and oxygen atoms in total. The molecule has 2 N–H and O–H groups in total. The summed E-state index contributed by atoms with van der Waals surface area (Å²) in [5.74, 6) is 0.797. The van der Waals surface area contributed by atoms with Crippen LogP contribution in [0.4, 0.5) is 10.5 Å². The van der Waals surface area contributed by atoms with Crippen molar-refractivity contribution in [3.05, 3.63) is 78.0 Å². The number of ether oxygens (including phenoxy) is 4. The molecule has 0 saturated heterocycles. The maximum Gasteiger partial charge on any atom is 0.408 e. The summed E-state index contributed by atoms with van der Waals surface area (Å²) in [5, 5.41) is 5.29. The normalized spacial score (nSPS) is 15.2. The first-order chi connectivity index (χ1) is 20.7. The molecule has 44 heavy (non-hydrogen) atoms. The minimum atomic E-state index is -1.05. The number of fused-ring (bicyclic) bond motifs is 1. The molecular formula is C34H41N3O7. The molecule has 2 heterocycles. The molecule has 2 amide bonds. The number of benzene rings is 2. The molecule has 0 saturated carbocycles. The van der Waals surface area contributed by atoms with Crippen molar-refractivity contribution in [2.24, 2.45) is 0 Å². The van der Waals surface area contributed by atoms with Gasteiger partial charge < -0.3 is 29.6 Å². The van der Waals surface area contributed by atoms with E-state index < -0.39 is 35.2 Å². The largest absolute Gasteiger partial charge is 0.485 e. The molecule has 1 aliphatic heterocycles. The van der Waals surface area contributed by atoms with Crippen molar-refractivity contribution in [2.75, 3.05) is 5.32 Å². The van der Waals surface area contributed by atoms with Crippen LogP contribution < -0.4 is 20.1 Å². The van der Waals surface area contributed by atoms with Gasteiger partial charge in [-0.2, -0.15) is 0 Å². The minimum absolute atomic E-state index is 0.0166. The van der Waals surface area contributed by atoms with Crippen LogP contribution in [0.3, 0.4) is 0 Å². The van der Waals surface area contributed by atoms with Gasteiger partial charge in [-0.15, -0.1) is 0 Å². The van der Waals surface area contributed by atoms with Gasteiger partial charge in [0.1, 0.15) is 34.8 Å². The van der Waals surface area contributed by atoms with Crippen molar-refractivity contribution in [2.45, 2.75) is 90.6 Å². The Kier molecular flexibility index (Phi) is 10.1. The number of rotatable bonds is 9. The first kappa shape index (κ1) is 32.3. The second-order valence-corrected chi connectivity index (χ2v) is 12.6. The molecule has 0 radical (unpaired) electrons. The highest BCUT2D eigenvalue weighted by atomic mass is 16.6. The van der Waals surface area contributed by atoms with Crippen LogP contribution in [0.15, 0.2) is 66.9 Å². The predicted molar refractivity (Wildman–Crippen MR) is 166 cm³/mol. The Hall–Kier alpha value is -4.60. The van der Waals surface area contributed by atoms with Gasteiger partial charge in [0.2, 0.25) is 11.8 Å². The Morgan fingerprint density at radius 3 is 2.34 bits per heavy atom. The Morgan fingerprint density at radius 1 is 0.955 bits per heavy atom. The Bertz CT molecular complexity index is 1440. The molecule has 2 unspecified atom stereocenters. The number of carbonyl (C=O) groups excluding carboxylic acids is 3. The van der Waals surface area contributed by atoms with E-state index in [0.29, 0.717) is 17.3 Å². The van der Waals surface area contributed by atoms with Gasteiger partial charge in [-0.1, -0.05) is 30.3 Å². The van der Waals surface area contributed by atoms with Gasteiger partial charge in [0.15, 0.2) is 0 Å². The number of hydrogen-bond donors (Lipinski definition) is 2. The maximum absolute atomic E-state index is 13.1. The lowest BCUT2D eigenvalue weighted by Gasteiger charge is -2.26.